The first kappa shape index (κ1) is 11.3. The highest BCUT2D eigenvalue weighted by Crippen LogP contribution is 2.23. The predicted octanol–water partition coefficient (Wildman–Crippen LogP) is 2.69. The van der Waals surface area contributed by atoms with Gasteiger partial charge in [-0.25, -0.2) is 9.78 Å². The number of carboxylic acids is 1. The Hall–Kier alpha value is -2.82. The van der Waals surface area contributed by atoms with Gasteiger partial charge >= 0.3 is 5.97 Å². The summed E-state index contributed by atoms with van der Waals surface area (Å²) in [6.45, 7) is 0. The lowest BCUT2D eigenvalue weighted by molar-refractivity contribution is -0.131. The molecule has 0 spiro atoms. The SMILES string of the molecule is O=C(O)/C=C/c1nc(-c2ccco2)n2ccccc12. The molecule has 0 aliphatic carbocycles. The summed E-state index contributed by atoms with van der Waals surface area (Å²) in [6.07, 6.45) is 5.98. The van der Waals surface area contributed by atoms with Crippen molar-refractivity contribution in [2.75, 3.05) is 0 Å². The molecule has 3 aromatic heterocycles. The van der Waals surface area contributed by atoms with Crippen LogP contribution in [0.15, 0.2) is 53.3 Å². The molecule has 0 aromatic carbocycles. The number of nitrogens with zero attached hydrogens (tertiary/aromatic N) is 2. The van der Waals surface area contributed by atoms with Gasteiger partial charge in [-0.3, -0.25) is 4.40 Å². The van der Waals surface area contributed by atoms with Crippen molar-refractivity contribution >= 4 is 17.6 Å². The molecule has 0 fully saturated rings. The number of hydrogen-bond acceptors (Lipinski definition) is 3. The van der Waals surface area contributed by atoms with Gasteiger partial charge in [0.05, 0.1) is 17.5 Å². The van der Waals surface area contributed by atoms with Crippen molar-refractivity contribution in [3.63, 3.8) is 0 Å². The van der Waals surface area contributed by atoms with Crippen LogP contribution < -0.4 is 0 Å². The van der Waals surface area contributed by atoms with Crippen molar-refractivity contribution in [1.82, 2.24) is 9.38 Å². The molecule has 0 saturated heterocycles. The maximum atomic E-state index is 10.6. The zero-order chi connectivity index (χ0) is 13.2. The fourth-order valence-electron chi connectivity index (χ4n) is 1.91. The highest BCUT2D eigenvalue weighted by molar-refractivity contribution is 5.87. The van der Waals surface area contributed by atoms with Gasteiger partial charge < -0.3 is 9.52 Å². The number of aromatic nitrogens is 2. The van der Waals surface area contributed by atoms with Crippen molar-refractivity contribution in [2.45, 2.75) is 0 Å². The molecule has 3 aromatic rings. The van der Waals surface area contributed by atoms with Crippen LogP contribution in [0.1, 0.15) is 5.69 Å². The minimum absolute atomic E-state index is 0.592. The molecule has 1 N–H and O–H groups in total. The lowest BCUT2D eigenvalue weighted by Gasteiger charge is -1.96. The molecule has 0 radical (unpaired) electrons. The second-order valence-electron chi connectivity index (χ2n) is 3.93. The monoisotopic (exact) mass is 254 g/mol. The fraction of sp³-hybridized carbons (Fsp3) is 0. The van der Waals surface area contributed by atoms with Crippen LogP contribution in [0.2, 0.25) is 0 Å². The van der Waals surface area contributed by atoms with Crippen molar-refractivity contribution in [1.29, 1.82) is 0 Å². The summed E-state index contributed by atoms with van der Waals surface area (Å²) < 4.78 is 7.20. The van der Waals surface area contributed by atoms with Crippen LogP contribution >= 0.6 is 0 Å². The molecule has 0 aliphatic heterocycles. The molecule has 0 bridgehead atoms. The van der Waals surface area contributed by atoms with Crippen LogP contribution in [0.4, 0.5) is 0 Å². The van der Waals surface area contributed by atoms with Crippen LogP contribution in [0, 0.1) is 0 Å². The Kier molecular flexibility index (Phi) is 2.64. The Balaban J connectivity index is 2.22. The minimum Gasteiger partial charge on any atom is -0.478 e. The molecule has 5 heteroatoms. The van der Waals surface area contributed by atoms with E-state index in [2.05, 4.69) is 4.98 Å². The standard InChI is InChI=1S/C14H10N2O3/c17-13(18)7-6-10-11-4-1-2-8-16(11)14(15-10)12-5-3-9-19-12/h1-9H,(H,17,18)/b7-6+. The Morgan fingerprint density at radius 3 is 2.95 bits per heavy atom. The van der Waals surface area contributed by atoms with Gasteiger partial charge in [0.25, 0.3) is 0 Å². The largest absolute Gasteiger partial charge is 0.478 e. The van der Waals surface area contributed by atoms with E-state index in [9.17, 15) is 4.79 Å². The molecule has 19 heavy (non-hydrogen) atoms. The molecule has 0 atom stereocenters. The van der Waals surface area contributed by atoms with Crippen LogP contribution in [0.3, 0.4) is 0 Å². The molecular formula is C14H10N2O3. The van der Waals surface area contributed by atoms with Gasteiger partial charge in [-0.15, -0.1) is 0 Å². The third kappa shape index (κ3) is 2.01. The second kappa shape index (κ2) is 4.45. The topological polar surface area (TPSA) is 67.7 Å². The van der Waals surface area contributed by atoms with Gasteiger partial charge in [0, 0.05) is 12.3 Å². The predicted molar refractivity (Wildman–Crippen MR) is 69.6 cm³/mol. The summed E-state index contributed by atoms with van der Waals surface area (Å²) in [5.41, 5.74) is 1.42. The summed E-state index contributed by atoms with van der Waals surface area (Å²) in [4.78, 5) is 15.0. The van der Waals surface area contributed by atoms with Crippen molar-refractivity contribution in [2.24, 2.45) is 0 Å². The lowest BCUT2D eigenvalue weighted by atomic mass is 10.3. The van der Waals surface area contributed by atoms with Gasteiger partial charge in [0.1, 0.15) is 0 Å². The summed E-state index contributed by atoms with van der Waals surface area (Å²) in [7, 11) is 0. The Morgan fingerprint density at radius 1 is 1.32 bits per heavy atom. The highest BCUT2D eigenvalue weighted by atomic mass is 16.4. The number of imidazole rings is 1. The van der Waals surface area contributed by atoms with E-state index in [0.29, 0.717) is 17.3 Å². The quantitative estimate of drug-likeness (QED) is 0.730. The van der Waals surface area contributed by atoms with Gasteiger partial charge in [-0.1, -0.05) is 6.07 Å². The molecule has 0 saturated carbocycles. The van der Waals surface area contributed by atoms with Gasteiger partial charge in [-0.05, 0) is 30.3 Å². The van der Waals surface area contributed by atoms with Gasteiger partial charge in [-0.2, -0.15) is 0 Å². The molecule has 94 valence electrons. The van der Waals surface area contributed by atoms with Crippen molar-refractivity contribution in [3.8, 4) is 11.6 Å². The van der Waals surface area contributed by atoms with Crippen molar-refractivity contribution < 1.29 is 14.3 Å². The average molecular weight is 254 g/mol. The second-order valence-corrected chi connectivity index (χ2v) is 3.93. The lowest BCUT2D eigenvalue weighted by Crippen LogP contribution is -1.86. The third-order valence-electron chi connectivity index (χ3n) is 2.70. The number of rotatable bonds is 3. The summed E-state index contributed by atoms with van der Waals surface area (Å²) in [6, 6.07) is 9.23. The van der Waals surface area contributed by atoms with E-state index in [4.69, 9.17) is 9.52 Å². The molecule has 3 rings (SSSR count). The minimum atomic E-state index is -1.00. The zero-order valence-corrected chi connectivity index (χ0v) is 9.85. The number of carboxylic acid groups (broad SMARTS) is 1. The Bertz CT molecular complexity index is 754. The number of hydrogen-bond donors (Lipinski definition) is 1. The number of aliphatic carboxylic acids is 1. The Labute approximate surface area is 108 Å². The van der Waals surface area contributed by atoms with Crippen LogP contribution in [0.25, 0.3) is 23.2 Å². The first-order valence-corrected chi connectivity index (χ1v) is 5.67. The van der Waals surface area contributed by atoms with Crippen LogP contribution in [-0.2, 0) is 4.79 Å². The number of pyridine rings is 1. The molecule has 3 heterocycles. The van der Waals surface area contributed by atoms with E-state index in [1.165, 1.54) is 6.08 Å². The van der Waals surface area contributed by atoms with Crippen LogP contribution in [-0.4, -0.2) is 20.5 Å². The van der Waals surface area contributed by atoms with E-state index in [1.807, 2.05) is 34.9 Å². The first-order valence-electron chi connectivity index (χ1n) is 5.67. The molecule has 0 aliphatic rings. The van der Waals surface area contributed by atoms with E-state index >= 15 is 0 Å². The number of furan rings is 1. The van der Waals surface area contributed by atoms with E-state index < -0.39 is 5.97 Å². The van der Waals surface area contributed by atoms with Crippen LogP contribution in [0.5, 0.6) is 0 Å². The van der Waals surface area contributed by atoms with Crippen molar-refractivity contribution in [3.05, 3.63) is 54.6 Å². The number of carbonyl (C=O) groups is 1. The average Bonchev–Trinajstić information content (AvgIpc) is 3.03. The maximum Gasteiger partial charge on any atom is 0.328 e. The fourth-order valence-corrected chi connectivity index (χ4v) is 1.91. The normalized spacial score (nSPS) is 11.4. The zero-order valence-electron chi connectivity index (χ0n) is 9.85. The smallest absolute Gasteiger partial charge is 0.328 e. The summed E-state index contributed by atoms with van der Waals surface area (Å²) in [5, 5.41) is 8.70. The molecule has 0 amide bonds. The van der Waals surface area contributed by atoms with E-state index in [1.54, 1.807) is 12.3 Å². The van der Waals surface area contributed by atoms with E-state index in [0.717, 1.165) is 11.6 Å². The summed E-state index contributed by atoms with van der Waals surface area (Å²) in [5.74, 6) is 0.276. The number of fused-ring (bicyclic) bond motifs is 1. The molecular weight excluding hydrogens is 244 g/mol. The van der Waals surface area contributed by atoms with E-state index in [-0.39, 0.29) is 0 Å². The maximum absolute atomic E-state index is 10.6. The first-order chi connectivity index (χ1) is 9.25. The molecule has 5 nitrogen and oxygen atoms in total. The summed E-state index contributed by atoms with van der Waals surface area (Å²) >= 11 is 0. The molecule has 0 unspecified atom stereocenters. The van der Waals surface area contributed by atoms with Gasteiger partial charge in [0.2, 0.25) is 0 Å². The highest BCUT2D eigenvalue weighted by Gasteiger charge is 2.12. The Morgan fingerprint density at radius 2 is 2.21 bits per heavy atom. The van der Waals surface area contributed by atoms with Gasteiger partial charge in [0.15, 0.2) is 11.6 Å². The third-order valence-corrected chi connectivity index (χ3v) is 2.70.